The van der Waals surface area contributed by atoms with Crippen LogP contribution in [0.2, 0.25) is 0 Å². The molecule has 2 heteroatoms. The van der Waals surface area contributed by atoms with Crippen LogP contribution in [0.3, 0.4) is 0 Å². The SMILES string of the molecule is CC(C)N1CC(c2cccc3c2CCN3C)C1. The second kappa shape index (κ2) is 4.02. The third kappa shape index (κ3) is 1.75. The number of hydrogen-bond donors (Lipinski definition) is 0. The van der Waals surface area contributed by atoms with Crippen molar-refractivity contribution in [3.8, 4) is 0 Å². The van der Waals surface area contributed by atoms with Gasteiger partial charge < -0.3 is 4.90 Å². The van der Waals surface area contributed by atoms with Gasteiger partial charge in [0.2, 0.25) is 0 Å². The Morgan fingerprint density at radius 3 is 2.71 bits per heavy atom. The summed E-state index contributed by atoms with van der Waals surface area (Å²) in [4.78, 5) is 4.94. The largest absolute Gasteiger partial charge is 0.374 e. The van der Waals surface area contributed by atoms with Crippen molar-refractivity contribution >= 4 is 5.69 Å². The molecule has 0 bridgehead atoms. The van der Waals surface area contributed by atoms with Crippen molar-refractivity contribution in [1.29, 1.82) is 0 Å². The lowest BCUT2D eigenvalue weighted by molar-refractivity contribution is 0.109. The van der Waals surface area contributed by atoms with Gasteiger partial charge in [-0.2, -0.15) is 0 Å². The molecule has 0 N–H and O–H groups in total. The summed E-state index contributed by atoms with van der Waals surface area (Å²) in [5, 5.41) is 0. The van der Waals surface area contributed by atoms with E-state index in [1.54, 1.807) is 11.1 Å². The summed E-state index contributed by atoms with van der Waals surface area (Å²) in [6, 6.07) is 7.55. The molecule has 2 nitrogen and oxygen atoms in total. The first-order chi connectivity index (χ1) is 8.16. The number of benzene rings is 1. The van der Waals surface area contributed by atoms with Crippen LogP contribution >= 0.6 is 0 Å². The van der Waals surface area contributed by atoms with Crippen molar-refractivity contribution in [2.24, 2.45) is 0 Å². The Hall–Kier alpha value is -1.02. The van der Waals surface area contributed by atoms with Gasteiger partial charge in [0, 0.05) is 44.3 Å². The van der Waals surface area contributed by atoms with Crippen molar-refractivity contribution in [2.75, 3.05) is 31.6 Å². The summed E-state index contributed by atoms with van der Waals surface area (Å²) < 4.78 is 0. The molecule has 2 aliphatic heterocycles. The van der Waals surface area contributed by atoms with E-state index in [1.807, 2.05) is 0 Å². The molecule has 3 rings (SSSR count). The van der Waals surface area contributed by atoms with Crippen molar-refractivity contribution in [2.45, 2.75) is 32.2 Å². The lowest BCUT2D eigenvalue weighted by atomic mass is 9.86. The predicted octanol–water partition coefficient (Wildman–Crippen LogP) is 2.49. The fourth-order valence-electron chi connectivity index (χ4n) is 3.14. The first kappa shape index (κ1) is 11.1. The van der Waals surface area contributed by atoms with Crippen LogP contribution in [0.1, 0.15) is 30.9 Å². The molecule has 0 aliphatic carbocycles. The molecule has 0 atom stereocenters. The Bertz CT molecular complexity index is 419. The fraction of sp³-hybridized carbons (Fsp3) is 0.600. The first-order valence-electron chi connectivity index (χ1n) is 6.74. The topological polar surface area (TPSA) is 6.48 Å². The van der Waals surface area contributed by atoms with Crippen LogP contribution in [0.25, 0.3) is 0 Å². The monoisotopic (exact) mass is 230 g/mol. The molecule has 2 heterocycles. The van der Waals surface area contributed by atoms with Gasteiger partial charge in [0.25, 0.3) is 0 Å². The normalized spacial score (nSPS) is 20.8. The highest BCUT2D eigenvalue weighted by Gasteiger charge is 2.32. The Labute approximate surface area is 104 Å². The summed E-state index contributed by atoms with van der Waals surface area (Å²) in [7, 11) is 2.21. The smallest absolute Gasteiger partial charge is 0.0399 e. The highest BCUT2D eigenvalue weighted by atomic mass is 15.2. The summed E-state index contributed by atoms with van der Waals surface area (Å²) in [5.74, 6) is 0.777. The molecule has 0 radical (unpaired) electrons. The molecule has 1 saturated heterocycles. The molecule has 1 fully saturated rings. The van der Waals surface area contributed by atoms with Crippen molar-refractivity contribution in [3.63, 3.8) is 0 Å². The van der Waals surface area contributed by atoms with Crippen molar-refractivity contribution in [3.05, 3.63) is 29.3 Å². The van der Waals surface area contributed by atoms with Gasteiger partial charge in [-0.3, -0.25) is 4.90 Å². The van der Waals surface area contributed by atoms with E-state index in [1.165, 1.54) is 31.7 Å². The number of hydrogen-bond acceptors (Lipinski definition) is 2. The van der Waals surface area contributed by atoms with Gasteiger partial charge in [0.15, 0.2) is 0 Å². The van der Waals surface area contributed by atoms with E-state index in [-0.39, 0.29) is 0 Å². The molecule has 0 amide bonds. The predicted molar refractivity (Wildman–Crippen MR) is 72.9 cm³/mol. The van der Waals surface area contributed by atoms with E-state index in [0.29, 0.717) is 6.04 Å². The van der Waals surface area contributed by atoms with Gasteiger partial charge in [0.05, 0.1) is 0 Å². The third-order valence-corrected chi connectivity index (χ3v) is 4.38. The molecular formula is C15H22N2. The molecule has 0 unspecified atom stereocenters. The summed E-state index contributed by atoms with van der Waals surface area (Å²) in [5.41, 5.74) is 4.69. The highest BCUT2D eigenvalue weighted by Crippen LogP contribution is 2.37. The van der Waals surface area contributed by atoms with Crippen LogP contribution in [0.4, 0.5) is 5.69 Å². The van der Waals surface area contributed by atoms with Gasteiger partial charge >= 0.3 is 0 Å². The maximum absolute atomic E-state index is 2.56. The van der Waals surface area contributed by atoms with Crippen LogP contribution in [0.15, 0.2) is 18.2 Å². The Kier molecular flexibility index (Phi) is 2.62. The van der Waals surface area contributed by atoms with Crippen molar-refractivity contribution < 1.29 is 0 Å². The minimum absolute atomic E-state index is 0.700. The first-order valence-corrected chi connectivity index (χ1v) is 6.74. The van der Waals surface area contributed by atoms with Crippen LogP contribution < -0.4 is 4.90 Å². The summed E-state index contributed by atoms with van der Waals surface area (Å²) in [6.45, 7) is 8.27. The highest BCUT2D eigenvalue weighted by molar-refractivity contribution is 5.61. The maximum atomic E-state index is 2.56. The van der Waals surface area contributed by atoms with Crippen LogP contribution in [-0.4, -0.2) is 37.6 Å². The van der Waals surface area contributed by atoms with Gasteiger partial charge in [-0.05, 0) is 37.5 Å². The molecule has 0 saturated carbocycles. The van der Waals surface area contributed by atoms with E-state index < -0.39 is 0 Å². The molecule has 1 aromatic rings. The Morgan fingerprint density at radius 2 is 2.00 bits per heavy atom. The van der Waals surface area contributed by atoms with E-state index in [0.717, 1.165) is 5.92 Å². The minimum atomic E-state index is 0.700. The molecule has 17 heavy (non-hydrogen) atoms. The van der Waals surface area contributed by atoms with E-state index >= 15 is 0 Å². The third-order valence-electron chi connectivity index (χ3n) is 4.38. The average Bonchev–Trinajstić information content (AvgIpc) is 2.59. The minimum Gasteiger partial charge on any atom is -0.374 e. The molecule has 1 aromatic carbocycles. The number of fused-ring (bicyclic) bond motifs is 1. The van der Waals surface area contributed by atoms with Crippen molar-refractivity contribution in [1.82, 2.24) is 4.90 Å². The van der Waals surface area contributed by atoms with Gasteiger partial charge in [0.1, 0.15) is 0 Å². The van der Waals surface area contributed by atoms with Crippen LogP contribution in [0, 0.1) is 0 Å². The lowest BCUT2D eigenvalue weighted by Crippen LogP contribution is -2.48. The van der Waals surface area contributed by atoms with E-state index in [2.05, 4.69) is 48.9 Å². The number of likely N-dealkylation sites (tertiary alicyclic amines) is 1. The zero-order valence-electron chi connectivity index (χ0n) is 11.1. The molecule has 0 aromatic heterocycles. The number of rotatable bonds is 2. The number of likely N-dealkylation sites (N-methyl/N-ethyl adjacent to an activating group) is 1. The van der Waals surface area contributed by atoms with Gasteiger partial charge in [-0.1, -0.05) is 12.1 Å². The second-order valence-corrected chi connectivity index (χ2v) is 5.76. The lowest BCUT2D eigenvalue weighted by Gasteiger charge is -2.43. The Morgan fingerprint density at radius 1 is 1.24 bits per heavy atom. The number of nitrogens with zero attached hydrogens (tertiary/aromatic N) is 2. The average molecular weight is 230 g/mol. The van der Waals surface area contributed by atoms with Gasteiger partial charge in [-0.25, -0.2) is 0 Å². The summed E-state index contributed by atoms with van der Waals surface area (Å²) >= 11 is 0. The van der Waals surface area contributed by atoms with E-state index in [4.69, 9.17) is 0 Å². The van der Waals surface area contributed by atoms with E-state index in [9.17, 15) is 0 Å². The Balaban J connectivity index is 1.82. The summed E-state index contributed by atoms with van der Waals surface area (Å²) in [6.07, 6.45) is 1.24. The number of anilines is 1. The molecule has 2 aliphatic rings. The second-order valence-electron chi connectivity index (χ2n) is 5.76. The fourth-order valence-corrected chi connectivity index (χ4v) is 3.14. The van der Waals surface area contributed by atoms with Gasteiger partial charge in [-0.15, -0.1) is 0 Å². The molecular weight excluding hydrogens is 208 g/mol. The van der Waals surface area contributed by atoms with Crippen LogP contribution in [0.5, 0.6) is 0 Å². The zero-order valence-corrected chi connectivity index (χ0v) is 11.1. The molecule has 92 valence electrons. The quantitative estimate of drug-likeness (QED) is 0.770. The maximum Gasteiger partial charge on any atom is 0.0399 e. The standard InChI is InChI=1S/C15H22N2/c1-11(2)17-9-12(10-17)13-5-4-6-15-14(13)7-8-16(15)3/h4-6,11-12H,7-10H2,1-3H3. The van der Waals surface area contributed by atoms with Crippen LogP contribution in [-0.2, 0) is 6.42 Å². The molecule has 0 spiro atoms. The zero-order chi connectivity index (χ0) is 12.0.